The van der Waals surface area contributed by atoms with Crippen LogP contribution in [0.5, 0.6) is 0 Å². The van der Waals surface area contributed by atoms with Crippen LogP contribution in [0.4, 0.5) is 0 Å². The Labute approximate surface area is 152 Å². The lowest BCUT2D eigenvalue weighted by molar-refractivity contribution is 0.0953. The molecule has 0 saturated heterocycles. The molecule has 0 amide bonds. The predicted octanol–water partition coefficient (Wildman–Crippen LogP) is 4.67. The molecule has 0 aliphatic heterocycles. The highest BCUT2D eigenvalue weighted by Crippen LogP contribution is 2.24. The second kappa shape index (κ2) is 6.16. The minimum Gasteiger partial charge on any atom is -0.330 e. The highest BCUT2D eigenvalue weighted by molar-refractivity contribution is 7.71. The zero-order chi connectivity index (χ0) is 17.6. The first-order valence-electron chi connectivity index (χ1n) is 7.05. The molecule has 2 aromatic carbocycles. The quantitative estimate of drug-likeness (QED) is 0.625. The van der Waals surface area contributed by atoms with Gasteiger partial charge in [-0.3, -0.25) is 9.59 Å². The van der Waals surface area contributed by atoms with Crippen LogP contribution in [0, 0.1) is 18.6 Å². The Kier molecular flexibility index (Phi) is 4.34. The van der Waals surface area contributed by atoms with Gasteiger partial charge in [0.15, 0.2) is 4.77 Å². The Hall–Kier alpha value is -1.95. The number of fused-ring (bicyclic) bond motifs is 1. The molecule has 3 aromatic rings. The number of carbonyl (C=O) groups is 1. The fraction of sp³-hybridized carbons (Fsp3) is 0.118. The van der Waals surface area contributed by atoms with Crippen molar-refractivity contribution in [3.8, 4) is 0 Å². The molecule has 0 fully saturated rings. The second-order valence-electron chi connectivity index (χ2n) is 5.56. The van der Waals surface area contributed by atoms with E-state index in [2.05, 4.69) is 4.98 Å². The van der Waals surface area contributed by atoms with Crippen molar-refractivity contribution in [2.24, 2.45) is 0 Å². The number of aromatic nitrogens is 2. The number of aromatic amines is 1. The van der Waals surface area contributed by atoms with Crippen molar-refractivity contribution >= 4 is 52.2 Å². The van der Waals surface area contributed by atoms with Crippen molar-refractivity contribution in [2.75, 3.05) is 0 Å². The third-order valence-corrected chi connectivity index (χ3v) is 4.40. The van der Waals surface area contributed by atoms with Crippen LogP contribution >= 0.6 is 35.4 Å². The SMILES string of the molecule is Cc1cc(C)cc(C(=O)n2c(=S)[nH]c3c(Cl)cc(Cl)cc3c2=O)c1. The van der Waals surface area contributed by atoms with Crippen molar-refractivity contribution in [1.82, 2.24) is 9.55 Å². The predicted molar refractivity (Wildman–Crippen MR) is 99.1 cm³/mol. The summed E-state index contributed by atoms with van der Waals surface area (Å²) in [6.45, 7) is 3.76. The lowest BCUT2D eigenvalue weighted by Crippen LogP contribution is -2.29. The van der Waals surface area contributed by atoms with Gasteiger partial charge in [-0.15, -0.1) is 0 Å². The number of hydrogen-bond donors (Lipinski definition) is 1. The average molecular weight is 379 g/mol. The average Bonchev–Trinajstić information content (AvgIpc) is 2.47. The van der Waals surface area contributed by atoms with Gasteiger partial charge in [0.1, 0.15) is 0 Å². The third kappa shape index (κ3) is 2.90. The molecule has 0 aliphatic carbocycles. The summed E-state index contributed by atoms with van der Waals surface area (Å²) >= 11 is 17.3. The Morgan fingerprint density at radius 3 is 2.33 bits per heavy atom. The fourth-order valence-electron chi connectivity index (χ4n) is 2.66. The van der Waals surface area contributed by atoms with E-state index in [0.29, 0.717) is 16.1 Å². The summed E-state index contributed by atoms with van der Waals surface area (Å²) in [5.41, 5.74) is 2.05. The minimum atomic E-state index is -0.553. The third-order valence-electron chi connectivity index (χ3n) is 3.60. The van der Waals surface area contributed by atoms with Gasteiger partial charge in [-0.2, -0.15) is 0 Å². The highest BCUT2D eigenvalue weighted by atomic mass is 35.5. The van der Waals surface area contributed by atoms with Crippen molar-refractivity contribution in [3.05, 3.63) is 72.2 Å². The summed E-state index contributed by atoms with van der Waals surface area (Å²) in [5.74, 6) is -0.494. The number of rotatable bonds is 1. The van der Waals surface area contributed by atoms with E-state index >= 15 is 0 Å². The molecular formula is C17H12Cl2N2O2S. The molecule has 0 saturated carbocycles. The van der Waals surface area contributed by atoms with Gasteiger partial charge in [0.05, 0.1) is 15.9 Å². The van der Waals surface area contributed by atoms with Gasteiger partial charge >= 0.3 is 0 Å². The van der Waals surface area contributed by atoms with Crippen LogP contribution in [0.25, 0.3) is 10.9 Å². The molecule has 3 rings (SSSR count). The Balaban J connectivity index is 2.32. The number of hydrogen-bond acceptors (Lipinski definition) is 3. The molecule has 0 bridgehead atoms. The maximum Gasteiger partial charge on any atom is 0.269 e. The van der Waals surface area contributed by atoms with Gasteiger partial charge in [-0.05, 0) is 50.3 Å². The van der Waals surface area contributed by atoms with Crippen molar-refractivity contribution in [2.45, 2.75) is 13.8 Å². The normalized spacial score (nSPS) is 11.0. The van der Waals surface area contributed by atoms with Gasteiger partial charge < -0.3 is 4.98 Å². The Morgan fingerprint density at radius 1 is 1.08 bits per heavy atom. The lowest BCUT2D eigenvalue weighted by Gasteiger charge is -2.09. The van der Waals surface area contributed by atoms with E-state index in [4.69, 9.17) is 35.4 Å². The van der Waals surface area contributed by atoms with E-state index in [1.165, 1.54) is 12.1 Å². The van der Waals surface area contributed by atoms with Gasteiger partial charge in [0.25, 0.3) is 11.5 Å². The number of benzene rings is 2. The number of nitrogens with zero attached hydrogens (tertiary/aromatic N) is 1. The number of halogens is 2. The second-order valence-corrected chi connectivity index (χ2v) is 6.79. The topological polar surface area (TPSA) is 54.9 Å². The molecule has 0 radical (unpaired) electrons. The standard InChI is InChI=1S/C17H12Cl2N2O2S/c1-8-3-9(2)5-10(4-8)15(22)21-16(23)12-6-11(18)7-13(19)14(12)20-17(21)24/h3-7H,1-2H3,(H,20,24). The number of nitrogens with one attached hydrogen (secondary N) is 1. The molecule has 0 aliphatic rings. The lowest BCUT2D eigenvalue weighted by atomic mass is 10.1. The van der Waals surface area contributed by atoms with E-state index < -0.39 is 11.5 Å². The smallest absolute Gasteiger partial charge is 0.269 e. The highest BCUT2D eigenvalue weighted by Gasteiger charge is 2.17. The summed E-state index contributed by atoms with van der Waals surface area (Å²) < 4.78 is 0.916. The summed E-state index contributed by atoms with van der Waals surface area (Å²) in [5, 5.41) is 0.783. The molecule has 1 aromatic heterocycles. The van der Waals surface area contributed by atoms with Crippen molar-refractivity contribution in [1.29, 1.82) is 0 Å². The molecule has 0 atom stereocenters. The van der Waals surface area contributed by atoms with E-state index in [1.54, 1.807) is 12.1 Å². The fourth-order valence-corrected chi connectivity index (χ4v) is 3.47. The number of aryl methyl sites for hydroxylation is 2. The molecule has 0 unspecified atom stereocenters. The van der Waals surface area contributed by atoms with Gasteiger partial charge in [-0.1, -0.05) is 40.4 Å². The molecule has 122 valence electrons. The van der Waals surface area contributed by atoms with Crippen LogP contribution in [-0.2, 0) is 0 Å². The summed E-state index contributed by atoms with van der Waals surface area (Å²) in [6.07, 6.45) is 0. The van der Waals surface area contributed by atoms with Crippen LogP contribution in [-0.4, -0.2) is 15.5 Å². The van der Waals surface area contributed by atoms with E-state index in [1.807, 2.05) is 19.9 Å². The van der Waals surface area contributed by atoms with Crippen molar-refractivity contribution < 1.29 is 4.79 Å². The molecule has 24 heavy (non-hydrogen) atoms. The van der Waals surface area contributed by atoms with Crippen LogP contribution in [0.3, 0.4) is 0 Å². The van der Waals surface area contributed by atoms with Gasteiger partial charge in [-0.25, -0.2) is 4.57 Å². The van der Waals surface area contributed by atoms with Crippen LogP contribution in [0.15, 0.2) is 35.1 Å². The zero-order valence-electron chi connectivity index (χ0n) is 12.8. The van der Waals surface area contributed by atoms with Crippen LogP contribution in [0.2, 0.25) is 10.0 Å². The first-order valence-corrected chi connectivity index (χ1v) is 8.21. The largest absolute Gasteiger partial charge is 0.330 e. The molecule has 7 heteroatoms. The molecule has 0 spiro atoms. The zero-order valence-corrected chi connectivity index (χ0v) is 15.1. The van der Waals surface area contributed by atoms with Gasteiger partial charge in [0.2, 0.25) is 0 Å². The molecule has 1 N–H and O–H groups in total. The number of carbonyl (C=O) groups excluding carboxylic acids is 1. The van der Waals surface area contributed by atoms with Gasteiger partial charge in [0, 0.05) is 10.6 Å². The van der Waals surface area contributed by atoms with E-state index in [0.717, 1.165) is 15.7 Å². The van der Waals surface area contributed by atoms with Crippen LogP contribution < -0.4 is 5.56 Å². The summed E-state index contributed by atoms with van der Waals surface area (Å²) in [4.78, 5) is 28.4. The maximum atomic E-state index is 12.8. The minimum absolute atomic E-state index is 0.0131. The first kappa shape index (κ1) is 16.9. The summed E-state index contributed by atoms with van der Waals surface area (Å²) in [6, 6.07) is 8.34. The maximum absolute atomic E-state index is 12.8. The van der Waals surface area contributed by atoms with E-state index in [-0.39, 0.29) is 15.2 Å². The summed E-state index contributed by atoms with van der Waals surface area (Å²) in [7, 11) is 0. The Bertz CT molecular complexity index is 1100. The molecule has 1 heterocycles. The molecule has 4 nitrogen and oxygen atoms in total. The Morgan fingerprint density at radius 2 is 1.71 bits per heavy atom. The molecular weight excluding hydrogens is 367 g/mol. The number of H-pyrrole nitrogens is 1. The monoisotopic (exact) mass is 378 g/mol. The van der Waals surface area contributed by atoms with Crippen LogP contribution in [0.1, 0.15) is 21.5 Å². The van der Waals surface area contributed by atoms with E-state index in [9.17, 15) is 9.59 Å². The first-order chi connectivity index (χ1) is 11.3. The van der Waals surface area contributed by atoms with Crippen molar-refractivity contribution in [3.63, 3.8) is 0 Å².